The maximum absolute atomic E-state index is 12.3. The molecule has 0 aromatic heterocycles. The summed E-state index contributed by atoms with van der Waals surface area (Å²) in [6.07, 6.45) is 3.03. The van der Waals surface area contributed by atoms with Crippen molar-refractivity contribution in [3.63, 3.8) is 0 Å². The fourth-order valence-electron chi connectivity index (χ4n) is 3.09. The molecule has 0 spiro atoms. The van der Waals surface area contributed by atoms with Gasteiger partial charge in [0.2, 0.25) is 5.91 Å². The topological polar surface area (TPSA) is 110 Å². The third-order valence-electron chi connectivity index (χ3n) is 4.39. The monoisotopic (exact) mass is 295 g/mol. The van der Waals surface area contributed by atoms with E-state index in [1.54, 1.807) is 4.90 Å². The average Bonchev–Trinajstić information content (AvgIpc) is 2.92. The Hall–Kier alpha value is -1.79. The van der Waals surface area contributed by atoms with Gasteiger partial charge in [-0.15, -0.1) is 0 Å². The lowest BCUT2D eigenvalue weighted by Crippen LogP contribution is -2.46. The van der Waals surface area contributed by atoms with Gasteiger partial charge in [0.05, 0.1) is 12.5 Å². The van der Waals surface area contributed by atoms with Crippen molar-refractivity contribution in [2.75, 3.05) is 32.7 Å². The summed E-state index contributed by atoms with van der Waals surface area (Å²) in [5, 5.41) is 12.6. The minimum Gasteiger partial charge on any atom is -0.481 e. The summed E-state index contributed by atoms with van der Waals surface area (Å²) < 4.78 is 0. The van der Waals surface area contributed by atoms with E-state index in [1.807, 2.05) is 0 Å². The van der Waals surface area contributed by atoms with E-state index in [4.69, 9.17) is 10.6 Å². The number of aliphatic carboxylic acids is 1. The second kappa shape index (κ2) is 7.28. The zero-order valence-corrected chi connectivity index (χ0v) is 12.0. The van der Waals surface area contributed by atoms with Crippen molar-refractivity contribution in [1.29, 1.82) is 0 Å². The van der Waals surface area contributed by atoms with Crippen molar-refractivity contribution in [3.8, 4) is 0 Å². The molecule has 8 nitrogen and oxygen atoms in total. The van der Waals surface area contributed by atoms with Gasteiger partial charge in [-0.05, 0) is 37.8 Å². The molecule has 116 valence electrons. The number of amides is 1. The second-order valence-electron chi connectivity index (χ2n) is 5.67. The van der Waals surface area contributed by atoms with E-state index >= 15 is 0 Å². The quantitative estimate of drug-likeness (QED) is 0.465. The van der Waals surface area contributed by atoms with Gasteiger partial charge in [0, 0.05) is 30.6 Å². The number of carboxylic acids is 1. The summed E-state index contributed by atoms with van der Waals surface area (Å²) in [6, 6.07) is 0.154. The first-order valence-corrected chi connectivity index (χ1v) is 7.37. The molecule has 2 aliphatic heterocycles. The highest BCUT2D eigenvalue weighted by Gasteiger charge is 2.30. The molecule has 1 atom stereocenters. The van der Waals surface area contributed by atoms with Crippen LogP contribution < -0.4 is 0 Å². The fraction of sp³-hybridized carbons (Fsp3) is 0.846. The first-order valence-electron chi connectivity index (χ1n) is 7.37. The summed E-state index contributed by atoms with van der Waals surface area (Å²) in [7, 11) is 0. The van der Waals surface area contributed by atoms with Crippen LogP contribution in [-0.2, 0) is 9.59 Å². The summed E-state index contributed by atoms with van der Waals surface area (Å²) in [4.78, 5) is 29.8. The van der Waals surface area contributed by atoms with Crippen LogP contribution in [0.4, 0.5) is 0 Å². The van der Waals surface area contributed by atoms with E-state index in [0.717, 1.165) is 19.4 Å². The van der Waals surface area contributed by atoms with Gasteiger partial charge >= 0.3 is 5.97 Å². The highest BCUT2D eigenvalue weighted by atomic mass is 16.4. The van der Waals surface area contributed by atoms with Gasteiger partial charge in [0.15, 0.2) is 0 Å². The number of piperidine rings is 1. The molecule has 21 heavy (non-hydrogen) atoms. The molecular weight excluding hydrogens is 274 g/mol. The molecule has 1 N–H and O–H groups in total. The van der Waals surface area contributed by atoms with Crippen molar-refractivity contribution in [2.24, 2.45) is 11.0 Å². The number of carbonyl (C=O) groups excluding carboxylic acids is 1. The molecular formula is C13H21N5O3. The SMILES string of the molecule is [N-]=[N+]=NCC1CCCN1CC(=O)N1CCC(C(=O)O)CC1. The van der Waals surface area contributed by atoms with Crippen molar-refractivity contribution in [1.82, 2.24) is 9.80 Å². The van der Waals surface area contributed by atoms with Crippen LogP contribution in [0.1, 0.15) is 25.7 Å². The van der Waals surface area contributed by atoms with Crippen LogP contribution in [0.3, 0.4) is 0 Å². The van der Waals surface area contributed by atoms with Crippen molar-refractivity contribution in [3.05, 3.63) is 10.4 Å². The molecule has 2 saturated heterocycles. The number of carbonyl (C=O) groups is 2. The van der Waals surface area contributed by atoms with E-state index in [0.29, 0.717) is 39.0 Å². The van der Waals surface area contributed by atoms with Gasteiger partial charge in [-0.25, -0.2) is 0 Å². The van der Waals surface area contributed by atoms with Crippen LogP contribution in [0.5, 0.6) is 0 Å². The summed E-state index contributed by atoms with van der Waals surface area (Å²) in [6.45, 7) is 2.63. The molecule has 0 saturated carbocycles. The van der Waals surface area contributed by atoms with Gasteiger partial charge in [0.1, 0.15) is 0 Å². The number of hydrogen-bond donors (Lipinski definition) is 1. The van der Waals surface area contributed by atoms with Crippen LogP contribution in [-0.4, -0.2) is 65.5 Å². The number of carboxylic acid groups (broad SMARTS) is 1. The van der Waals surface area contributed by atoms with Gasteiger partial charge in [-0.2, -0.15) is 0 Å². The minimum absolute atomic E-state index is 0.0478. The second-order valence-corrected chi connectivity index (χ2v) is 5.67. The lowest BCUT2D eigenvalue weighted by atomic mass is 9.97. The van der Waals surface area contributed by atoms with E-state index < -0.39 is 5.97 Å². The molecule has 0 aromatic carbocycles. The Morgan fingerprint density at radius 1 is 1.24 bits per heavy atom. The zero-order valence-electron chi connectivity index (χ0n) is 12.0. The highest BCUT2D eigenvalue weighted by molar-refractivity contribution is 5.79. The van der Waals surface area contributed by atoms with Crippen LogP contribution in [0.2, 0.25) is 0 Å². The number of rotatable bonds is 5. The van der Waals surface area contributed by atoms with E-state index in [9.17, 15) is 9.59 Å². The van der Waals surface area contributed by atoms with Crippen LogP contribution in [0.15, 0.2) is 5.11 Å². The molecule has 2 fully saturated rings. The van der Waals surface area contributed by atoms with Gasteiger partial charge in [-0.1, -0.05) is 5.11 Å². The maximum atomic E-state index is 12.3. The van der Waals surface area contributed by atoms with Crippen LogP contribution >= 0.6 is 0 Å². The Morgan fingerprint density at radius 3 is 2.57 bits per heavy atom. The Morgan fingerprint density at radius 2 is 1.95 bits per heavy atom. The van der Waals surface area contributed by atoms with Crippen molar-refractivity contribution in [2.45, 2.75) is 31.7 Å². The lowest BCUT2D eigenvalue weighted by Gasteiger charge is -2.32. The van der Waals surface area contributed by atoms with Crippen molar-refractivity contribution >= 4 is 11.9 Å². The first-order chi connectivity index (χ1) is 10.1. The summed E-state index contributed by atoms with van der Waals surface area (Å²) >= 11 is 0. The highest BCUT2D eigenvalue weighted by Crippen LogP contribution is 2.20. The smallest absolute Gasteiger partial charge is 0.306 e. The van der Waals surface area contributed by atoms with Crippen LogP contribution in [0, 0.1) is 5.92 Å². The summed E-state index contributed by atoms with van der Waals surface area (Å²) in [5.74, 6) is -1.04. The number of likely N-dealkylation sites (tertiary alicyclic amines) is 2. The van der Waals surface area contributed by atoms with E-state index in [1.165, 1.54) is 0 Å². The number of azide groups is 1. The maximum Gasteiger partial charge on any atom is 0.306 e. The van der Waals surface area contributed by atoms with Crippen LogP contribution in [0.25, 0.3) is 10.4 Å². The Balaban J connectivity index is 1.81. The first kappa shape index (κ1) is 15.6. The van der Waals surface area contributed by atoms with E-state index in [-0.39, 0.29) is 17.9 Å². The Kier molecular flexibility index (Phi) is 5.41. The molecule has 1 amide bonds. The molecule has 0 bridgehead atoms. The number of nitrogens with zero attached hydrogens (tertiary/aromatic N) is 5. The molecule has 2 heterocycles. The molecule has 1 unspecified atom stereocenters. The zero-order chi connectivity index (χ0) is 15.2. The minimum atomic E-state index is -0.768. The normalized spacial score (nSPS) is 23.8. The Bertz CT molecular complexity index is 441. The third kappa shape index (κ3) is 4.09. The van der Waals surface area contributed by atoms with Gasteiger partial charge in [-0.3, -0.25) is 14.5 Å². The molecule has 8 heteroatoms. The fourth-order valence-corrected chi connectivity index (χ4v) is 3.09. The molecule has 0 aromatic rings. The van der Waals surface area contributed by atoms with Crippen molar-refractivity contribution < 1.29 is 14.7 Å². The number of hydrogen-bond acceptors (Lipinski definition) is 4. The predicted molar refractivity (Wildman–Crippen MR) is 75.5 cm³/mol. The standard InChI is InChI=1S/C13H21N5O3/c14-16-15-8-11-2-1-5-18(11)9-12(19)17-6-3-10(4-7-17)13(20)21/h10-11H,1-9H2,(H,20,21). The lowest BCUT2D eigenvalue weighted by molar-refractivity contribution is -0.146. The largest absolute Gasteiger partial charge is 0.481 e. The Labute approximate surface area is 123 Å². The average molecular weight is 295 g/mol. The predicted octanol–water partition coefficient (Wildman–Crippen LogP) is 1.08. The third-order valence-corrected chi connectivity index (χ3v) is 4.39. The molecule has 0 radical (unpaired) electrons. The molecule has 0 aliphatic carbocycles. The van der Waals surface area contributed by atoms with Gasteiger partial charge < -0.3 is 10.0 Å². The summed E-state index contributed by atoms with van der Waals surface area (Å²) in [5.41, 5.74) is 8.38. The van der Waals surface area contributed by atoms with E-state index in [2.05, 4.69) is 14.9 Å². The molecule has 2 aliphatic rings. The molecule has 2 rings (SSSR count). The van der Waals surface area contributed by atoms with Gasteiger partial charge in [0.25, 0.3) is 0 Å².